The molecule has 1 aromatic carbocycles. The van der Waals surface area contributed by atoms with Gasteiger partial charge in [-0.05, 0) is 24.7 Å². The van der Waals surface area contributed by atoms with E-state index in [9.17, 15) is 8.42 Å². The Balaban J connectivity index is 2.06. The number of ether oxygens (including phenoxy) is 2. The Morgan fingerprint density at radius 1 is 1.52 bits per heavy atom. The summed E-state index contributed by atoms with van der Waals surface area (Å²) in [4.78, 5) is 2.24. The molecule has 2 rings (SSSR count). The molecule has 21 heavy (non-hydrogen) atoms. The normalized spacial score (nSPS) is 20.4. The summed E-state index contributed by atoms with van der Waals surface area (Å²) in [6, 6.07) is 4.74. The lowest BCUT2D eigenvalue weighted by Crippen LogP contribution is -2.44. The average molecular weight is 379 g/mol. The molecular weight excluding hydrogens is 360 g/mol. The van der Waals surface area contributed by atoms with E-state index in [4.69, 9.17) is 14.6 Å². The highest BCUT2D eigenvalue weighted by Crippen LogP contribution is 2.27. The predicted molar refractivity (Wildman–Crippen MR) is 82.9 cm³/mol. The van der Waals surface area contributed by atoms with Crippen LogP contribution in [0.2, 0.25) is 0 Å². The third kappa shape index (κ3) is 4.65. The molecule has 0 aromatic heterocycles. The Morgan fingerprint density at radius 3 is 2.95 bits per heavy atom. The van der Waals surface area contributed by atoms with Crippen molar-refractivity contribution in [1.29, 1.82) is 0 Å². The number of morpholine rings is 1. The van der Waals surface area contributed by atoms with Crippen molar-refractivity contribution in [2.45, 2.75) is 17.9 Å². The van der Waals surface area contributed by atoms with Crippen LogP contribution in [0.4, 0.5) is 0 Å². The van der Waals surface area contributed by atoms with Crippen LogP contribution in [-0.4, -0.2) is 52.3 Å². The topological polar surface area (TPSA) is 81.9 Å². The Bertz CT molecular complexity index is 594. The van der Waals surface area contributed by atoms with Gasteiger partial charge < -0.3 is 9.47 Å². The van der Waals surface area contributed by atoms with Crippen LogP contribution in [0, 0.1) is 0 Å². The zero-order valence-corrected chi connectivity index (χ0v) is 14.2. The fraction of sp³-hybridized carbons (Fsp3) is 0.538. The largest absolute Gasteiger partial charge is 0.489 e. The number of hydrogen-bond acceptors (Lipinski definition) is 5. The van der Waals surface area contributed by atoms with E-state index in [1.807, 2.05) is 0 Å². The quantitative estimate of drug-likeness (QED) is 0.832. The molecule has 1 atom stereocenters. The third-order valence-corrected chi connectivity index (χ3v) is 4.73. The molecule has 1 unspecified atom stereocenters. The smallest absolute Gasteiger partial charge is 0.241 e. The average Bonchev–Trinajstić information content (AvgIpc) is 2.45. The van der Waals surface area contributed by atoms with Gasteiger partial charge in [0.2, 0.25) is 10.0 Å². The Morgan fingerprint density at radius 2 is 2.29 bits per heavy atom. The Hall–Kier alpha value is -0.670. The van der Waals surface area contributed by atoms with Crippen molar-refractivity contribution < 1.29 is 17.9 Å². The van der Waals surface area contributed by atoms with E-state index in [0.29, 0.717) is 17.7 Å². The summed E-state index contributed by atoms with van der Waals surface area (Å²) in [5.41, 5.74) is 0. The molecule has 118 valence electrons. The van der Waals surface area contributed by atoms with Gasteiger partial charge in [-0.2, -0.15) is 0 Å². The van der Waals surface area contributed by atoms with E-state index in [0.717, 1.165) is 19.6 Å². The highest BCUT2D eigenvalue weighted by molar-refractivity contribution is 9.10. The van der Waals surface area contributed by atoms with Crippen molar-refractivity contribution in [2.75, 3.05) is 32.8 Å². The molecule has 0 spiro atoms. The Kier molecular flexibility index (Phi) is 5.61. The number of benzene rings is 1. The molecule has 2 N–H and O–H groups in total. The second kappa shape index (κ2) is 7.06. The van der Waals surface area contributed by atoms with Crippen LogP contribution < -0.4 is 9.88 Å². The van der Waals surface area contributed by atoms with Gasteiger partial charge in [0.25, 0.3) is 0 Å². The molecule has 1 aromatic rings. The minimum atomic E-state index is -3.83. The minimum Gasteiger partial charge on any atom is -0.489 e. The molecule has 8 heteroatoms. The van der Waals surface area contributed by atoms with Crippen molar-refractivity contribution in [3.05, 3.63) is 22.7 Å². The number of nitrogens with two attached hydrogens (primary N) is 1. The summed E-state index contributed by atoms with van der Waals surface area (Å²) in [6.45, 7) is 5.69. The summed E-state index contributed by atoms with van der Waals surface area (Å²) >= 11 is 3.23. The van der Waals surface area contributed by atoms with Gasteiger partial charge >= 0.3 is 0 Å². The van der Waals surface area contributed by atoms with E-state index in [1.165, 1.54) is 6.07 Å². The molecule has 1 fully saturated rings. The van der Waals surface area contributed by atoms with Gasteiger partial charge in [0.05, 0.1) is 6.61 Å². The number of primary sulfonamides is 1. The maximum Gasteiger partial charge on any atom is 0.241 e. The minimum absolute atomic E-state index is 0.0277. The van der Waals surface area contributed by atoms with E-state index in [1.54, 1.807) is 12.1 Å². The molecule has 0 amide bonds. The molecule has 6 nitrogen and oxygen atoms in total. The lowest BCUT2D eigenvalue weighted by molar-refractivity contribution is -0.0467. The van der Waals surface area contributed by atoms with E-state index >= 15 is 0 Å². The van der Waals surface area contributed by atoms with Gasteiger partial charge in [0.15, 0.2) is 0 Å². The summed E-state index contributed by atoms with van der Waals surface area (Å²) in [5.74, 6) is 0.248. The number of sulfonamides is 1. The van der Waals surface area contributed by atoms with E-state index in [-0.39, 0.29) is 16.7 Å². The molecule has 0 bridgehead atoms. The van der Waals surface area contributed by atoms with Crippen molar-refractivity contribution >= 4 is 26.0 Å². The number of hydrogen-bond donors (Lipinski definition) is 1. The Labute approximate surface area is 133 Å². The number of rotatable bonds is 5. The first-order valence-corrected chi connectivity index (χ1v) is 9.03. The SMILES string of the molecule is CCN1CCOC(COc2ccc(Br)cc2S(N)(=O)=O)C1. The fourth-order valence-corrected chi connectivity index (χ4v) is 3.39. The third-order valence-electron chi connectivity index (χ3n) is 3.31. The number of nitrogens with zero attached hydrogens (tertiary/aromatic N) is 1. The fourth-order valence-electron chi connectivity index (χ4n) is 2.17. The summed E-state index contributed by atoms with van der Waals surface area (Å²) in [7, 11) is -3.83. The van der Waals surface area contributed by atoms with Crippen molar-refractivity contribution in [2.24, 2.45) is 5.14 Å². The van der Waals surface area contributed by atoms with Crippen LogP contribution in [-0.2, 0) is 14.8 Å². The highest BCUT2D eigenvalue weighted by Gasteiger charge is 2.22. The highest BCUT2D eigenvalue weighted by atomic mass is 79.9. The van der Waals surface area contributed by atoms with Gasteiger partial charge in [0, 0.05) is 17.6 Å². The van der Waals surface area contributed by atoms with Crippen molar-refractivity contribution in [1.82, 2.24) is 4.90 Å². The molecule has 1 saturated heterocycles. The van der Waals surface area contributed by atoms with Gasteiger partial charge in [0.1, 0.15) is 23.4 Å². The lowest BCUT2D eigenvalue weighted by atomic mass is 10.3. The van der Waals surface area contributed by atoms with Gasteiger partial charge in [-0.25, -0.2) is 13.6 Å². The number of likely N-dealkylation sites (N-methyl/N-ethyl adjacent to an activating group) is 1. The molecule has 1 heterocycles. The van der Waals surface area contributed by atoms with Crippen LogP contribution in [0.1, 0.15) is 6.92 Å². The molecule has 0 aliphatic carbocycles. The molecule has 0 saturated carbocycles. The first-order valence-electron chi connectivity index (χ1n) is 6.69. The monoisotopic (exact) mass is 378 g/mol. The zero-order valence-electron chi connectivity index (χ0n) is 11.8. The van der Waals surface area contributed by atoms with Gasteiger partial charge in [-0.1, -0.05) is 22.9 Å². The predicted octanol–water partition coefficient (Wildman–Crippen LogP) is 1.20. The molecule has 1 aliphatic heterocycles. The summed E-state index contributed by atoms with van der Waals surface area (Å²) in [5, 5.41) is 5.21. The summed E-state index contributed by atoms with van der Waals surface area (Å²) < 4.78 is 35.1. The molecule has 1 aliphatic rings. The van der Waals surface area contributed by atoms with Crippen molar-refractivity contribution in [3.63, 3.8) is 0 Å². The van der Waals surface area contributed by atoms with Gasteiger partial charge in [-0.15, -0.1) is 0 Å². The van der Waals surface area contributed by atoms with Crippen LogP contribution >= 0.6 is 15.9 Å². The van der Waals surface area contributed by atoms with Gasteiger partial charge in [-0.3, -0.25) is 4.90 Å². The molecular formula is C13H19BrN2O4S. The molecule has 0 radical (unpaired) electrons. The number of halogens is 1. The first-order chi connectivity index (χ1) is 9.90. The van der Waals surface area contributed by atoms with E-state index in [2.05, 4.69) is 27.8 Å². The van der Waals surface area contributed by atoms with Crippen LogP contribution in [0.5, 0.6) is 5.75 Å². The first kappa shape index (κ1) is 16.7. The maximum atomic E-state index is 11.6. The maximum absolute atomic E-state index is 11.6. The second-order valence-corrected chi connectivity index (χ2v) is 7.28. The van der Waals surface area contributed by atoms with Crippen LogP contribution in [0.3, 0.4) is 0 Å². The summed E-state index contributed by atoms with van der Waals surface area (Å²) in [6.07, 6.45) is -0.0734. The van der Waals surface area contributed by atoms with E-state index < -0.39 is 10.0 Å². The zero-order chi connectivity index (χ0) is 15.5. The van der Waals surface area contributed by atoms with Crippen molar-refractivity contribution in [3.8, 4) is 5.75 Å². The lowest BCUT2D eigenvalue weighted by Gasteiger charge is -2.31. The second-order valence-electron chi connectivity index (χ2n) is 4.83. The van der Waals surface area contributed by atoms with Crippen LogP contribution in [0.15, 0.2) is 27.6 Å². The standard InChI is InChI=1S/C13H19BrN2O4S/c1-2-16-5-6-19-11(8-16)9-20-12-4-3-10(14)7-13(12)21(15,17)18/h3-4,7,11H,2,5-6,8-9H2,1H3,(H2,15,17,18). The van der Waals surface area contributed by atoms with Crippen LogP contribution in [0.25, 0.3) is 0 Å².